The Bertz CT molecular complexity index is 572. The van der Waals surface area contributed by atoms with Crippen LogP contribution in [-0.2, 0) is 4.79 Å². The van der Waals surface area contributed by atoms with Crippen LogP contribution in [0.3, 0.4) is 0 Å². The standard InChI is InChI=1S/C12H14BrN3O4/c1-12(2,10(14)19)16-11(20)15-8-4-3-6(9(17)18)5-7(8)13/h3-5H,1-2H3,(H2,14,19)(H,17,18)(H2,15,16,20). The number of anilines is 1. The van der Waals surface area contributed by atoms with Gasteiger partial charge in [0.1, 0.15) is 5.54 Å². The first kappa shape index (κ1) is 16.0. The Morgan fingerprint density at radius 3 is 2.35 bits per heavy atom. The number of aromatic carboxylic acids is 1. The minimum Gasteiger partial charge on any atom is -0.478 e. The molecular weight excluding hydrogens is 330 g/mol. The van der Waals surface area contributed by atoms with Gasteiger partial charge in [0.15, 0.2) is 0 Å². The maximum Gasteiger partial charge on any atom is 0.335 e. The van der Waals surface area contributed by atoms with Crippen molar-refractivity contribution < 1.29 is 19.5 Å². The van der Waals surface area contributed by atoms with E-state index < -0.39 is 23.4 Å². The molecule has 5 N–H and O–H groups in total. The third kappa shape index (κ3) is 3.95. The summed E-state index contributed by atoms with van der Waals surface area (Å²) in [6, 6.07) is 3.52. The van der Waals surface area contributed by atoms with Gasteiger partial charge >= 0.3 is 12.0 Å². The summed E-state index contributed by atoms with van der Waals surface area (Å²) in [5, 5.41) is 13.7. The molecule has 0 aliphatic heterocycles. The molecule has 0 heterocycles. The number of carboxylic acid groups (broad SMARTS) is 1. The smallest absolute Gasteiger partial charge is 0.335 e. The topological polar surface area (TPSA) is 122 Å². The zero-order valence-corrected chi connectivity index (χ0v) is 12.4. The zero-order valence-electron chi connectivity index (χ0n) is 10.9. The van der Waals surface area contributed by atoms with Crippen molar-refractivity contribution in [2.45, 2.75) is 19.4 Å². The van der Waals surface area contributed by atoms with Crippen molar-refractivity contribution in [2.24, 2.45) is 5.73 Å². The Hall–Kier alpha value is -2.09. The fourth-order valence-corrected chi connectivity index (χ4v) is 1.73. The molecule has 0 saturated carbocycles. The van der Waals surface area contributed by atoms with E-state index in [1.165, 1.54) is 32.0 Å². The molecule has 0 aliphatic rings. The Balaban J connectivity index is 2.82. The molecule has 8 heteroatoms. The van der Waals surface area contributed by atoms with Crippen LogP contribution in [0.25, 0.3) is 0 Å². The van der Waals surface area contributed by atoms with Gasteiger partial charge in [0.25, 0.3) is 0 Å². The SMILES string of the molecule is CC(C)(NC(=O)Nc1ccc(C(=O)O)cc1Br)C(N)=O. The maximum atomic E-state index is 11.7. The monoisotopic (exact) mass is 343 g/mol. The maximum absolute atomic E-state index is 11.7. The van der Waals surface area contributed by atoms with E-state index in [0.29, 0.717) is 10.2 Å². The van der Waals surface area contributed by atoms with Gasteiger partial charge in [-0.05, 0) is 48.0 Å². The van der Waals surface area contributed by atoms with Crippen LogP contribution in [0.15, 0.2) is 22.7 Å². The number of nitrogens with two attached hydrogens (primary N) is 1. The Kier molecular flexibility index (Phi) is 4.72. The van der Waals surface area contributed by atoms with Crippen LogP contribution >= 0.6 is 15.9 Å². The highest BCUT2D eigenvalue weighted by Gasteiger charge is 2.27. The van der Waals surface area contributed by atoms with Crippen LogP contribution in [0.4, 0.5) is 10.5 Å². The number of benzene rings is 1. The van der Waals surface area contributed by atoms with Gasteiger partial charge in [0.2, 0.25) is 5.91 Å². The first-order valence-electron chi connectivity index (χ1n) is 5.55. The van der Waals surface area contributed by atoms with Gasteiger partial charge in [-0.15, -0.1) is 0 Å². The number of urea groups is 1. The number of hydrogen-bond donors (Lipinski definition) is 4. The number of carbonyl (C=O) groups excluding carboxylic acids is 2. The minimum atomic E-state index is -1.20. The van der Waals surface area contributed by atoms with E-state index in [2.05, 4.69) is 26.6 Å². The molecule has 1 aromatic rings. The van der Waals surface area contributed by atoms with Crippen LogP contribution in [0.5, 0.6) is 0 Å². The fraction of sp³-hybridized carbons (Fsp3) is 0.250. The van der Waals surface area contributed by atoms with Gasteiger partial charge in [-0.3, -0.25) is 4.79 Å². The van der Waals surface area contributed by atoms with E-state index in [9.17, 15) is 14.4 Å². The number of carboxylic acids is 1. The first-order valence-corrected chi connectivity index (χ1v) is 6.34. The molecule has 0 atom stereocenters. The predicted molar refractivity (Wildman–Crippen MR) is 76.5 cm³/mol. The summed E-state index contributed by atoms with van der Waals surface area (Å²) in [5.41, 5.74) is 4.39. The Labute approximate surface area is 123 Å². The summed E-state index contributed by atoms with van der Waals surface area (Å²) in [5.74, 6) is -1.75. The molecule has 0 aromatic heterocycles. The summed E-state index contributed by atoms with van der Waals surface area (Å²) in [6.45, 7) is 2.94. The summed E-state index contributed by atoms with van der Waals surface area (Å²) >= 11 is 3.16. The number of hydrogen-bond acceptors (Lipinski definition) is 3. The highest BCUT2D eigenvalue weighted by Crippen LogP contribution is 2.23. The number of primary amides is 1. The molecule has 3 amide bonds. The molecular formula is C12H14BrN3O4. The number of nitrogens with one attached hydrogen (secondary N) is 2. The van der Waals surface area contributed by atoms with Crippen molar-refractivity contribution in [3.8, 4) is 0 Å². The van der Waals surface area contributed by atoms with Crippen LogP contribution in [-0.4, -0.2) is 28.6 Å². The lowest BCUT2D eigenvalue weighted by Gasteiger charge is -2.22. The second-order valence-corrected chi connectivity index (χ2v) is 5.42. The lowest BCUT2D eigenvalue weighted by molar-refractivity contribution is -0.122. The van der Waals surface area contributed by atoms with E-state index in [0.717, 1.165) is 0 Å². The van der Waals surface area contributed by atoms with Crippen molar-refractivity contribution in [1.29, 1.82) is 0 Å². The quantitative estimate of drug-likeness (QED) is 0.662. The molecule has 0 radical (unpaired) electrons. The van der Waals surface area contributed by atoms with E-state index in [4.69, 9.17) is 10.8 Å². The van der Waals surface area contributed by atoms with Gasteiger partial charge in [-0.25, -0.2) is 9.59 Å². The zero-order chi connectivity index (χ0) is 15.5. The summed E-state index contributed by atoms with van der Waals surface area (Å²) in [7, 11) is 0. The van der Waals surface area contributed by atoms with Gasteiger partial charge in [0, 0.05) is 4.47 Å². The normalized spacial score (nSPS) is 10.8. The fourth-order valence-electron chi connectivity index (χ4n) is 1.25. The van der Waals surface area contributed by atoms with Crippen LogP contribution < -0.4 is 16.4 Å². The average Bonchev–Trinajstić information content (AvgIpc) is 2.30. The highest BCUT2D eigenvalue weighted by atomic mass is 79.9. The lowest BCUT2D eigenvalue weighted by Crippen LogP contribution is -2.54. The Morgan fingerprint density at radius 2 is 1.90 bits per heavy atom. The average molecular weight is 344 g/mol. The van der Waals surface area contributed by atoms with Crippen molar-refractivity contribution in [2.75, 3.05) is 5.32 Å². The van der Waals surface area contributed by atoms with E-state index in [1.807, 2.05) is 0 Å². The Morgan fingerprint density at radius 1 is 1.30 bits per heavy atom. The van der Waals surface area contributed by atoms with Gasteiger partial charge in [-0.2, -0.15) is 0 Å². The van der Waals surface area contributed by atoms with E-state index in [-0.39, 0.29) is 5.56 Å². The molecule has 0 bridgehead atoms. The van der Waals surface area contributed by atoms with Crippen molar-refractivity contribution in [3.63, 3.8) is 0 Å². The van der Waals surface area contributed by atoms with Gasteiger partial charge in [0.05, 0.1) is 11.3 Å². The molecule has 0 fully saturated rings. The van der Waals surface area contributed by atoms with Crippen molar-refractivity contribution >= 4 is 39.5 Å². The summed E-state index contributed by atoms with van der Waals surface area (Å²) in [6.07, 6.45) is 0. The molecule has 7 nitrogen and oxygen atoms in total. The molecule has 20 heavy (non-hydrogen) atoms. The number of halogens is 1. The van der Waals surface area contributed by atoms with Crippen molar-refractivity contribution in [3.05, 3.63) is 28.2 Å². The minimum absolute atomic E-state index is 0.0836. The number of rotatable bonds is 4. The third-order valence-corrected chi connectivity index (χ3v) is 3.16. The highest BCUT2D eigenvalue weighted by molar-refractivity contribution is 9.10. The summed E-state index contributed by atoms with van der Waals surface area (Å²) in [4.78, 5) is 33.6. The largest absolute Gasteiger partial charge is 0.478 e. The van der Waals surface area contributed by atoms with Gasteiger partial charge in [-0.1, -0.05) is 0 Å². The molecule has 1 rings (SSSR count). The third-order valence-electron chi connectivity index (χ3n) is 2.51. The van der Waals surface area contributed by atoms with E-state index >= 15 is 0 Å². The molecule has 108 valence electrons. The van der Waals surface area contributed by atoms with Crippen LogP contribution in [0.2, 0.25) is 0 Å². The second kappa shape index (κ2) is 5.91. The van der Waals surface area contributed by atoms with E-state index in [1.54, 1.807) is 0 Å². The van der Waals surface area contributed by atoms with Crippen LogP contribution in [0, 0.1) is 0 Å². The summed E-state index contributed by atoms with van der Waals surface area (Å²) < 4.78 is 0.407. The van der Waals surface area contributed by atoms with Gasteiger partial charge < -0.3 is 21.5 Å². The predicted octanol–water partition coefficient (Wildman–Crippen LogP) is 1.53. The molecule has 0 saturated heterocycles. The van der Waals surface area contributed by atoms with Crippen LogP contribution in [0.1, 0.15) is 24.2 Å². The lowest BCUT2D eigenvalue weighted by atomic mass is 10.1. The second-order valence-electron chi connectivity index (χ2n) is 4.57. The molecule has 1 aromatic carbocycles. The number of carbonyl (C=O) groups is 3. The van der Waals surface area contributed by atoms with Crippen molar-refractivity contribution in [1.82, 2.24) is 5.32 Å². The molecule has 0 spiro atoms. The molecule has 0 aliphatic carbocycles. The number of amides is 3. The first-order chi connectivity index (χ1) is 9.13. The molecule has 0 unspecified atom stereocenters.